The van der Waals surface area contributed by atoms with E-state index < -0.39 is 0 Å². The van der Waals surface area contributed by atoms with Gasteiger partial charge in [-0.15, -0.1) is 0 Å². The van der Waals surface area contributed by atoms with E-state index in [4.69, 9.17) is 5.73 Å². The Bertz CT molecular complexity index is 443. The molecule has 3 nitrogen and oxygen atoms in total. The van der Waals surface area contributed by atoms with Crippen LogP contribution in [0.1, 0.15) is 19.9 Å². The molecule has 0 saturated carbocycles. The van der Waals surface area contributed by atoms with E-state index in [0.29, 0.717) is 11.9 Å². The molecule has 78 valence electrons. The van der Waals surface area contributed by atoms with Crippen LogP contribution >= 0.6 is 0 Å². The Morgan fingerprint density at radius 2 is 1.87 bits per heavy atom. The van der Waals surface area contributed by atoms with Gasteiger partial charge in [-0.3, -0.25) is 4.68 Å². The molecule has 0 radical (unpaired) electrons. The first-order valence-corrected chi connectivity index (χ1v) is 5.08. The SMILES string of the molecule is CC(C)n1cc(-c2ccccc2)c(N)n1. The number of hydrogen-bond donors (Lipinski definition) is 1. The van der Waals surface area contributed by atoms with Gasteiger partial charge in [0.05, 0.1) is 0 Å². The zero-order chi connectivity index (χ0) is 10.8. The van der Waals surface area contributed by atoms with Crippen molar-refractivity contribution in [3.63, 3.8) is 0 Å². The molecule has 0 amide bonds. The van der Waals surface area contributed by atoms with Crippen LogP contribution < -0.4 is 5.73 Å². The van der Waals surface area contributed by atoms with E-state index in [-0.39, 0.29) is 0 Å². The molecule has 0 fully saturated rings. The van der Waals surface area contributed by atoms with Gasteiger partial charge in [-0.05, 0) is 19.4 Å². The third-order valence-electron chi connectivity index (χ3n) is 2.37. The molecule has 0 aliphatic heterocycles. The molecule has 1 heterocycles. The first kappa shape index (κ1) is 9.77. The molecular weight excluding hydrogens is 186 g/mol. The van der Waals surface area contributed by atoms with Crippen LogP contribution in [0, 0.1) is 0 Å². The van der Waals surface area contributed by atoms with Crippen LogP contribution in [0.2, 0.25) is 0 Å². The van der Waals surface area contributed by atoms with Crippen molar-refractivity contribution in [3.8, 4) is 11.1 Å². The van der Waals surface area contributed by atoms with Crippen molar-refractivity contribution in [1.82, 2.24) is 9.78 Å². The van der Waals surface area contributed by atoms with Gasteiger partial charge in [0.15, 0.2) is 5.82 Å². The fourth-order valence-corrected chi connectivity index (χ4v) is 1.51. The first-order valence-electron chi connectivity index (χ1n) is 5.08. The minimum atomic E-state index is 0.338. The monoisotopic (exact) mass is 201 g/mol. The topological polar surface area (TPSA) is 43.8 Å². The highest BCUT2D eigenvalue weighted by molar-refractivity contribution is 5.72. The second kappa shape index (κ2) is 3.77. The highest BCUT2D eigenvalue weighted by Crippen LogP contribution is 2.25. The Morgan fingerprint density at radius 1 is 1.20 bits per heavy atom. The van der Waals surface area contributed by atoms with Gasteiger partial charge in [0.2, 0.25) is 0 Å². The van der Waals surface area contributed by atoms with Crippen molar-refractivity contribution in [3.05, 3.63) is 36.5 Å². The van der Waals surface area contributed by atoms with Crippen molar-refractivity contribution >= 4 is 5.82 Å². The number of anilines is 1. The van der Waals surface area contributed by atoms with Gasteiger partial charge in [-0.1, -0.05) is 30.3 Å². The lowest BCUT2D eigenvalue weighted by molar-refractivity contribution is 0.534. The summed E-state index contributed by atoms with van der Waals surface area (Å²) in [6.07, 6.45) is 2.00. The van der Waals surface area contributed by atoms with Crippen LogP contribution in [-0.4, -0.2) is 9.78 Å². The molecule has 2 aromatic rings. The van der Waals surface area contributed by atoms with Crippen molar-refractivity contribution in [1.29, 1.82) is 0 Å². The quantitative estimate of drug-likeness (QED) is 0.811. The fourth-order valence-electron chi connectivity index (χ4n) is 1.51. The van der Waals surface area contributed by atoms with E-state index in [1.165, 1.54) is 0 Å². The second-order valence-electron chi connectivity index (χ2n) is 3.87. The van der Waals surface area contributed by atoms with Crippen molar-refractivity contribution in [2.24, 2.45) is 0 Å². The Kier molecular flexibility index (Phi) is 2.46. The van der Waals surface area contributed by atoms with E-state index in [9.17, 15) is 0 Å². The summed E-state index contributed by atoms with van der Waals surface area (Å²) in [5.74, 6) is 0.593. The summed E-state index contributed by atoms with van der Waals surface area (Å²) in [5.41, 5.74) is 8.00. The highest BCUT2D eigenvalue weighted by atomic mass is 15.3. The molecule has 15 heavy (non-hydrogen) atoms. The normalized spacial score (nSPS) is 10.9. The predicted octanol–water partition coefficient (Wildman–Crippen LogP) is 2.71. The Morgan fingerprint density at radius 3 is 2.40 bits per heavy atom. The molecule has 0 spiro atoms. The van der Waals surface area contributed by atoms with Gasteiger partial charge < -0.3 is 5.73 Å². The molecule has 0 unspecified atom stereocenters. The van der Waals surface area contributed by atoms with E-state index in [2.05, 4.69) is 18.9 Å². The van der Waals surface area contributed by atoms with Gasteiger partial charge in [-0.25, -0.2) is 0 Å². The molecule has 0 bridgehead atoms. The van der Waals surface area contributed by atoms with Gasteiger partial charge in [-0.2, -0.15) is 5.10 Å². The van der Waals surface area contributed by atoms with E-state index >= 15 is 0 Å². The minimum absolute atomic E-state index is 0.338. The third-order valence-corrected chi connectivity index (χ3v) is 2.37. The van der Waals surface area contributed by atoms with Crippen molar-refractivity contribution in [2.75, 3.05) is 5.73 Å². The first-order chi connectivity index (χ1) is 7.18. The third kappa shape index (κ3) is 1.86. The van der Waals surface area contributed by atoms with Gasteiger partial charge in [0, 0.05) is 17.8 Å². The Hall–Kier alpha value is -1.77. The maximum atomic E-state index is 5.88. The predicted molar refractivity (Wildman–Crippen MR) is 62.5 cm³/mol. The largest absolute Gasteiger partial charge is 0.382 e. The Labute approximate surface area is 89.5 Å². The molecule has 2 rings (SSSR count). The lowest BCUT2D eigenvalue weighted by Crippen LogP contribution is -2.01. The zero-order valence-electron chi connectivity index (χ0n) is 9.01. The van der Waals surface area contributed by atoms with Crippen molar-refractivity contribution in [2.45, 2.75) is 19.9 Å². The highest BCUT2D eigenvalue weighted by Gasteiger charge is 2.08. The molecule has 0 atom stereocenters. The van der Waals surface area contributed by atoms with Crippen LogP contribution in [0.15, 0.2) is 36.5 Å². The smallest absolute Gasteiger partial charge is 0.153 e. The number of nitrogen functional groups attached to an aromatic ring is 1. The van der Waals surface area contributed by atoms with Crippen LogP contribution in [0.25, 0.3) is 11.1 Å². The summed E-state index contributed by atoms with van der Waals surface area (Å²) < 4.78 is 1.89. The lowest BCUT2D eigenvalue weighted by atomic mass is 10.1. The van der Waals surface area contributed by atoms with Crippen LogP contribution in [0.4, 0.5) is 5.82 Å². The lowest BCUT2D eigenvalue weighted by Gasteiger charge is -2.02. The summed E-state index contributed by atoms with van der Waals surface area (Å²) >= 11 is 0. The number of nitrogens with zero attached hydrogens (tertiary/aromatic N) is 2. The molecule has 0 aliphatic carbocycles. The van der Waals surface area contributed by atoms with Gasteiger partial charge in [0.25, 0.3) is 0 Å². The Balaban J connectivity index is 2.45. The molecule has 0 saturated heterocycles. The van der Waals surface area contributed by atoms with Gasteiger partial charge >= 0.3 is 0 Å². The number of hydrogen-bond acceptors (Lipinski definition) is 2. The maximum Gasteiger partial charge on any atom is 0.153 e. The molecule has 2 N–H and O–H groups in total. The summed E-state index contributed by atoms with van der Waals surface area (Å²) in [5, 5.41) is 4.28. The molecular formula is C12H15N3. The number of rotatable bonds is 2. The standard InChI is InChI=1S/C12H15N3/c1-9(2)15-8-11(12(13)14-15)10-6-4-3-5-7-10/h3-9H,1-2H3,(H2,13,14). The van der Waals surface area contributed by atoms with E-state index in [1.807, 2.05) is 41.2 Å². The number of benzene rings is 1. The fraction of sp³-hybridized carbons (Fsp3) is 0.250. The molecule has 0 aliphatic rings. The maximum absolute atomic E-state index is 5.88. The van der Waals surface area contributed by atoms with Crippen molar-refractivity contribution < 1.29 is 0 Å². The molecule has 3 heteroatoms. The average Bonchev–Trinajstić information content (AvgIpc) is 2.62. The van der Waals surface area contributed by atoms with E-state index in [0.717, 1.165) is 11.1 Å². The van der Waals surface area contributed by atoms with Crippen LogP contribution in [0.5, 0.6) is 0 Å². The van der Waals surface area contributed by atoms with E-state index in [1.54, 1.807) is 0 Å². The average molecular weight is 201 g/mol. The number of aromatic nitrogens is 2. The summed E-state index contributed by atoms with van der Waals surface area (Å²) in [6.45, 7) is 4.17. The number of nitrogens with two attached hydrogens (primary N) is 1. The second-order valence-corrected chi connectivity index (χ2v) is 3.87. The summed E-state index contributed by atoms with van der Waals surface area (Å²) in [4.78, 5) is 0. The van der Waals surface area contributed by atoms with Crippen LogP contribution in [-0.2, 0) is 0 Å². The van der Waals surface area contributed by atoms with Gasteiger partial charge in [0.1, 0.15) is 0 Å². The summed E-state index contributed by atoms with van der Waals surface area (Å²) in [7, 11) is 0. The minimum Gasteiger partial charge on any atom is -0.382 e. The molecule has 1 aromatic carbocycles. The zero-order valence-corrected chi connectivity index (χ0v) is 9.01. The molecule has 1 aromatic heterocycles. The summed E-state index contributed by atoms with van der Waals surface area (Å²) in [6, 6.07) is 10.4. The van der Waals surface area contributed by atoms with Crippen LogP contribution in [0.3, 0.4) is 0 Å².